The molecule has 0 spiro atoms. The van der Waals surface area contributed by atoms with Crippen molar-refractivity contribution in [1.82, 2.24) is 0 Å². The summed E-state index contributed by atoms with van der Waals surface area (Å²) in [5, 5.41) is 0. The monoisotopic (exact) mass is 235 g/mol. The van der Waals surface area contributed by atoms with Crippen LogP contribution in [0.3, 0.4) is 0 Å². The summed E-state index contributed by atoms with van der Waals surface area (Å²) in [7, 11) is 0. The number of hydrogen-bond acceptors (Lipinski definition) is 1. The van der Waals surface area contributed by atoms with E-state index in [2.05, 4.69) is 0 Å². The van der Waals surface area contributed by atoms with Crippen LogP contribution in [0.1, 0.15) is 37.7 Å². The minimum Gasteiger partial charge on any atom is -0.330 e. The van der Waals surface area contributed by atoms with Gasteiger partial charge in [-0.25, -0.2) is 4.39 Å². The molecule has 2 rings (SSSR count). The van der Waals surface area contributed by atoms with Crippen LogP contribution in [0.5, 0.6) is 0 Å². The lowest BCUT2D eigenvalue weighted by Crippen LogP contribution is -2.24. The van der Waals surface area contributed by atoms with Crippen molar-refractivity contribution in [3.8, 4) is 0 Å². The molecule has 17 heavy (non-hydrogen) atoms. The maximum Gasteiger partial charge on any atom is 0.123 e. The molecule has 2 heteroatoms. The highest BCUT2D eigenvalue weighted by Gasteiger charge is 2.22. The van der Waals surface area contributed by atoms with Gasteiger partial charge in [-0.2, -0.15) is 0 Å². The molecule has 1 aliphatic carbocycles. The fraction of sp³-hybridized carbons (Fsp3) is 0.600. The van der Waals surface area contributed by atoms with E-state index < -0.39 is 0 Å². The molecule has 1 nitrogen and oxygen atoms in total. The van der Waals surface area contributed by atoms with Crippen molar-refractivity contribution in [3.63, 3.8) is 0 Å². The van der Waals surface area contributed by atoms with E-state index in [0.29, 0.717) is 11.8 Å². The first-order chi connectivity index (χ1) is 8.29. The van der Waals surface area contributed by atoms with Gasteiger partial charge in [0, 0.05) is 0 Å². The maximum absolute atomic E-state index is 12.9. The SMILES string of the molecule is NCC1CCCCCC1Cc1ccc(F)cc1. The van der Waals surface area contributed by atoms with Gasteiger partial charge in [-0.15, -0.1) is 0 Å². The molecular weight excluding hydrogens is 213 g/mol. The van der Waals surface area contributed by atoms with Gasteiger partial charge in [-0.3, -0.25) is 0 Å². The van der Waals surface area contributed by atoms with E-state index in [4.69, 9.17) is 5.73 Å². The second-order valence-corrected chi connectivity index (χ2v) is 5.22. The highest BCUT2D eigenvalue weighted by Crippen LogP contribution is 2.30. The van der Waals surface area contributed by atoms with Gasteiger partial charge in [0.2, 0.25) is 0 Å². The molecule has 2 N–H and O–H groups in total. The summed E-state index contributed by atoms with van der Waals surface area (Å²) in [5.74, 6) is 1.19. The first-order valence-corrected chi connectivity index (χ1v) is 6.74. The minimum atomic E-state index is -0.148. The Bertz CT molecular complexity index is 333. The van der Waals surface area contributed by atoms with E-state index in [9.17, 15) is 4.39 Å². The zero-order valence-electron chi connectivity index (χ0n) is 10.4. The molecule has 1 saturated carbocycles. The van der Waals surface area contributed by atoms with Crippen molar-refractivity contribution < 1.29 is 4.39 Å². The number of rotatable bonds is 3. The van der Waals surface area contributed by atoms with E-state index in [-0.39, 0.29) is 5.82 Å². The van der Waals surface area contributed by atoms with Crippen molar-refractivity contribution in [2.75, 3.05) is 6.54 Å². The van der Waals surface area contributed by atoms with Crippen LogP contribution in [0.4, 0.5) is 4.39 Å². The van der Waals surface area contributed by atoms with Crippen LogP contribution in [-0.2, 0) is 6.42 Å². The Morgan fingerprint density at radius 1 is 1.00 bits per heavy atom. The number of nitrogens with two attached hydrogens (primary N) is 1. The van der Waals surface area contributed by atoms with Gasteiger partial charge in [0.1, 0.15) is 5.82 Å². The molecule has 2 atom stereocenters. The lowest BCUT2D eigenvalue weighted by Gasteiger charge is -2.23. The van der Waals surface area contributed by atoms with E-state index in [1.807, 2.05) is 12.1 Å². The average Bonchev–Trinajstić information content (AvgIpc) is 2.57. The van der Waals surface area contributed by atoms with Crippen molar-refractivity contribution in [1.29, 1.82) is 0 Å². The van der Waals surface area contributed by atoms with Gasteiger partial charge in [-0.05, 0) is 55.3 Å². The topological polar surface area (TPSA) is 26.0 Å². The number of hydrogen-bond donors (Lipinski definition) is 1. The van der Waals surface area contributed by atoms with E-state index >= 15 is 0 Å². The van der Waals surface area contributed by atoms with Gasteiger partial charge in [0.25, 0.3) is 0 Å². The van der Waals surface area contributed by atoms with Gasteiger partial charge in [0.15, 0.2) is 0 Å². The molecule has 1 aromatic carbocycles. The summed E-state index contributed by atoms with van der Waals surface area (Å²) >= 11 is 0. The van der Waals surface area contributed by atoms with Crippen LogP contribution in [0.25, 0.3) is 0 Å². The van der Waals surface area contributed by atoms with Crippen molar-refractivity contribution >= 4 is 0 Å². The van der Waals surface area contributed by atoms with Crippen LogP contribution >= 0.6 is 0 Å². The Balaban J connectivity index is 2.01. The quantitative estimate of drug-likeness (QED) is 0.797. The molecule has 0 aromatic heterocycles. The summed E-state index contributed by atoms with van der Waals surface area (Å²) in [6.45, 7) is 0.797. The third-order valence-electron chi connectivity index (χ3n) is 4.03. The largest absolute Gasteiger partial charge is 0.330 e. The first kappa shape index (κ1) is 12.6. The summed E-state index contributed by atoms with van der Waals surface area (Å²) in [6.07, 6.45) is 7.59. The first-order valence-electron chi connectivity index (χ1n) is 6.74. The Morgan fingerprint density at radius 3 is 2.29 bits per heavy atom. The van der Waals surface area contributed by atoms with Gasteiger partial charge in [0.05, 0.1) is 0 Å². The molecule has 0 bridgehead atoms. The van der Waals surface area contributed by atoms with Crippen molar-refractivity contribution in [2.45, 2.75) is 38.5 Å². The summed E-state index contributed by atoms with van der Waals surface area (Å²) < 4.78 is 12.9. The van der Waals surface area contributed by atoms with Gasteiger partial charge < -0.3 is 5.73 Å². The zero-order chi connectivity index (χ0) is 12.1. The molecule has 0 radical (unpaired) electrons. The zero-order valence-corrected chi connectivity index (χ0v) is 10.4. The van der Waals surface area contributed by atoms with Gasteiger partial charge >= 0.3 is 0 Å². The lowest BCUT2D eigenvalue weighted by atomic mass is 9.83. The highest BCUT2D eigenvalue weighted by atomic mass is 19.1. The van der Waals surface area contributed by atoms with E-state index in [1.54, 1.807) is 12.1 Å². The summed E-state index contributed by atoms with van der Waals surface area (Å²) in [6, 6.07) is 6.94. The third kappa shape index (κ3) is 3.53. The average molecular weight is 235 g/mol. The second-order valence-electron chi connectivity index (χ2n) is 5.22. The molecule has 0 saturated heterocycles. The predicted octanol–water partition coefficient (Wildman–Crippen LogP) is 3.52. The number of benzene rings is 1. The molecular formula is C15H22FN. The smallest absolute Gasteiger partial charge is 0.123 e. The molecule has 0 amide bonds. The predicted molar refractivity (Wildman–Crippen MR) is 69.2 cm³/mol. The molecule has 0 heterocycles. The van der Waals surface area contributed by atoms with E-state index in [1.165, 1.54) is 37.7 Å². The van der Waals surface area contributed by atoms with Crippen LogP contribution in [-0.4, -0.2) is 6.54 Å². The number of halogens is 1. The maximum atomic E-state index is 12.9. The lowest BCUT2D eigenvalue weighted by molar-refractivity contribution is 0.318. The standard InChI is InChI=1S/C15H22FN/c16-15-8-6-12(7-9-15)10-13-4-2-1-3-5-14(13)11-17/h6-9,13-14H,1-5,10-11,17H2. The molecule has 2 unspecified atom stereocenters. The minimum absolute atomic E-state index is 0.148. The third-order valence-corrected chi connectivity index (χ3v) is 4.03. The van der Waals surface area contributed by atoms with Crippen LogP contribution in [0.2, 0.25) is 0 Å². The molecule has 1 aromatic rings. The summed E-state index contributed by atoms with van der Waals surface area (Å²) in [4.78, 5) is 0. The van der Waals surface area contributed by atoms with Gasteiger partial charge in [-0.1, -0.05) is 31.4 Å². The molecule has 0 aliphatic heterocycles. The van der Waals surface area contributed by atoms with E-state index in [0.717, 1.165) is 13.0 Å². The normalized spacial score (nSPS) is 25.5. The Kier molecular flexibility index (Phi) is 4.55. The van der Waals surface area contributed by atoms with Crippen LogP contribution in [0, 0.1) is 17.7 Å². The molecule has 94 valence electrons. The molecule has 1 aliphatic rings. The fourth-order valence-corrected chi connectivity index (χ4v) is 2.96. The van der Waals surface area contributed by atoms with Crippen LogP contribution in [0.15, 0.2) is 24.3 Å². The Labute approximate surface area is 103 Å². The fourth-order valence-electron chi connectivity index (χ4n) is 2.96. The Morgan fingerprint density at radius 2 is 1.65 bits per heavy atom. The second kappa shape index (κ2) is 6.15. The molecule has 1 fully saturated rings. The van der Waals surface area contributed by atoms with Crippen molar-refractivity contribution in [2.24, 2.45) is 17.6 Å². The highest BCUT2D eigenvalue weighted by molar-refractivity contribution is 5.16. The Hall–Kier alpha value is -0.890. The van der Waals surface area contributed by atoms with Crippen molar-refractivity contribution in [3.05, 3.63) is 35.6 Å². The van der Waals surface area contributed by atoms with Crippen LogP contribution < -0.4 is 5.73 Å². The summed E-state index contributed by atoms with van der Waals surface area (Å²) in [5.41, 5.74) is 7.13.